The number of aryl methyl sites for hydroxylation is 1. The first-order valence-corrected chi connectivity index (χ1v) is 12.5. The van der Waals surface area contributed by atoms with Crippen LogP contribution in [-0.4, -0.2) is 23.2 Å². The molecule has 0 atom stereocenters. The average molecular weight is 477 g/mol. The fourth-order valence-corrected chi connectivity index (χ4v) is 4.72. The van der Waals surface area contributed by atoms with Gasteiger partial charge in [-0.15, -0.1) is 0 Å². The van der Waals surface area contributed by atoms with Crippen molar-refractivity contribution in [3.05, 3.63) is 106 Å². The number of H-pyrrole nitrogens is 1. The van der Waals surface area contributed by atoms with Crippen molar-refractivity contribution in [2.75, 3.05) is 4.72 Å². The summed E-state index contributed by atoms with van der Waals surface area (Å²) in [6, 6.07) is 19.8. The Bertz CT molecular complexity index is 1450. The maximum atomic E-state index is 13.0. The Kier molecular flexibility index (Phi) is 6.18. The SMILES string of the molecule is Cc1[nH]n(-c2ccc(NS(=O)(=O)c3ccc(C(C)(C)C)cc3)cn2)c(=O)c1Cc1ccccc1. The lowest BCUT2D eigenvalue weighted by molar-refractivity contribution is 0.587. The number of hydrogen-bond acceptors (Lipinski definition) is 4. The van der Waals surface area contributed by atoms with Gasteiger partial charge in [-0.3, -0.25) is 14.6 Å². The predicted octanol–water partition coefficient (Wildman–Crippen LogP) is 4.56. The van der Waals surface area contributed by atoms with Gasteiger partial charge >= 0.3 is 0 Å². The quantitative estimate of drug-likeness (QED) is 0.426. The molecular weight excluding hydrogens is 448 g/mol. The predicted molar refractivity (Wildman–Crippen MR) is 134 cm³/mol. The third kappa shape index (κ3) is 4.97. The maximum absolute atomic E-state index is 13.0. The highest BCUT2D eigenvalue weighted by Gasteiger charge is 2.18. The van der Waals surface area contributed by atoms with Crippen LogP contribution in [0.4, 0.5) is 5.69 Å². The minimum Gasteiger partial charge on any atom is -0.294 e. The number of benzene rings is 2. The van der Waals surface area contributed by atoms with Crippen LogP contribution in [0.2, 0.25) is 0 Å². The number of aromatic amines is 1. The smallest absolute Gasteiger partial charge is 0.276 e. The molecule has 8 heteroatoms. The second-order valence-electron chi connectivity index (χ2n) is 9.30. The lowest BCUT2D eigenvalue weighted by atomic mass is 9.87. The number of rotatable bonds is 6. The Morgan fingerprint density at radius 1 is 0.971 bits per heavy atom. The first kappa shape index (κ1) is 23.5. The molecule has 176 valence electrons. The van der Waals surface area contributed by atoms with Crippen molar-refractivity contribution in [1.29, 1.82) is 0 Å². The fourth-order valence-electron chi connectivity index (χ4n) is 3.68. The molecule has 0 aliphatic carbocycles. The number of aromatic nitrogens is 3. The first-order chi connectivity index (χ1) is 16.0. The molecule has 4 rings (SSSR count). The summed E-state index contributed by atoms with van der Waals surface area (Å²) < 4.78 is 29.5. The van der Waals surface area contributed by atoms with E-state index in [0.29, 0.717) is 23.5 Å². The Labute approximate surface area is 199 Å². The highest BCUT2D eigenvalue weighted by Crippen LogP contribution is 2.24. The molecule has 2 heterocycles. The molecule has 0 fully saturated rings. The van der Waals surface area contributed by atoms with Crippen molar-refractivity contribution >= 4 is 15.7 Å². The van der Waals surface area contributed by atoms with Crippen LogP contribution in [0.1, 0.15) is 43.2 Å². The van der Waals surface area contributed by atoms with Crippen LogP contribution < -0.4 is 10.3 Å². The first-order valence-electron chi connectivity index (χ1n) is 11.0. The molecule has 7 nitrogen and oxygen atoms in total. The maximum Gasteiger partial charge on any atom is 0.276 e. The number of pyridine rings is 1. The summed E-state index contributed by atoms with van der Waals surface area (Å²) in [6.07, 6.45) is 1.91. The molecule has 0 spiro atoms. The zero-order chi connectivity index (χ0) is 24.5. The lowest BCUT2D eigenvalue weighted by Crippen LogP contribution is -2.19. The van der Waals surface area contributed by atoms with Crippen LogP contribution >= 0.6 is 0 Å². The van der Waals surface area contributed by atoms with Gasteiger partial charge in [0, 0.05) is 17.7 Å². The molecule has 0 bridgehead atoms. The minimum absolute atomic E-state index is 0.0648. The second-order valence-corrected chi connectivity index (χ2v) is 11.0. The summed E-state index contributed by atoms with van der Waals surface area (Å²) in [6.45, 7) is 8.07. The Morgan fingerprint density at radius 2 is 1.65 bits per heavy atom. The number of hydrogen-bond donors (Lipinski definition) is 2. The average Bonchev–Trinajstić information content (AvgIpc) is 3.08. The Morgan fingerprint density at radius 3 is 2.24 bits per heavy atom. The van der Waals surface area contributed by atoms with Crippen LogP contribution in [0.5, 0.6) is 0 Å². The van der Waals surface area contributed by atoms with E-state index in [9.17, 15) is 13.2 Å². The standard InChI is InChI=1S/C26H28N4O3S/c1-18-23(16-19-8-6-5-7-9-19)25(31)30(28-18)24-15-12-21(17-27-24)29-34(32,33)22-13-10-20(11-14-22)26(2,3)4/h5-15,17,28-29H,16H2,1-4H3. The zero-order valence-corrected chi connectivity index (χ0v) is 20.5. The molecule has 2 N–H and O–H groups in total. The summed E-state index contributed by atoms with van der Waals surface area (Å²) in [5.41, 5.74) is 3.59. The minimum atomic E-state index is -3.76. The van der Waals surface area contributed by atoms with Crippen molar-refractivity contribution in [2.45, 2.75) is 44.4 Å². The van der Waals surface area contributed by atoms with Gasteiger partial charge in [-0.05, 0) is 47.7 Å². The Balaban J connectivity index is 1.54. The van der Waals surface area contributed by atoms with Gasteiger partial charge in [0.1, 0.15) is 0 Å². The molecule has 0 radical (unpaired) electrons. The van der Waals surface area contributed by atoms with Crippen LogP contribution in [-0.2, 0) is 21.9 Å². The van der Waals surface area contributed by atoms with Crippen molar-refractivity contribution < 1.29 is 8.42 Å². The van der Waals surface area contributed by atoms with E-state index in [0.717, 1.165) is 16.8 Å². The van der Waals surface area contributed by atoms with Crippen LogP contribution in [0.3, 0.4) is 0 Å². The van der Waals surface area contributed by atoms with Gasteiger partial charge in [-0.1, -0.05) is 63.2 Å². The molecule has 4 aromatic rings. The van der Waals surface area contributed by atoms with Gasteiger partial charge in [-0.25, -0.2) is 18.1 Å². The molecule has 0 amide bonds. The molecule has 0 unspecified atom stereocenters. The molecule has 2 aromatic heterocycles. The summed E-state index contributed by atoms with van der Waals surface area (Å²) in [5, 5.41) is 3.06. The molecule has 0 saturated carbocycles. The number of nitrogens with zero attached hydrogens (tertiary/aromatic N) is 2. The van der Waals surface area contributed by atoms with E-state index in [1.165, 1.54) is 10.9 Å². The van der Waals surface area contributed by atoms with E-state index < -0.39 is 10.0 Å². The van der Waals surface area contributed by atoms with Crippen molar-refractivity contribution in [2.24, 2.45) is 0 Å². The van der Waals surface area contributed by atoms with Crippen LogP contribution in [0, 0.1) is 6.92 Å². The fraction of sp³-hybridized carbons (Fsp3) is 0.231. The third-order valence-electron chi connectivity index (χ3n) is 5.68. The summed E-state index contributed by atoms with van der Waals surface area (Å²) in [4.78, 5) is 17.4. The second kappa shape index (κ2) is 8.95. The normalized spacial score (nSPS) is 12.0. The van der Waals surface area contributed by atoms with E-state index in [4.69, 9.17) is 0 Å². The number of sulfonamides is 1. The van der Waals surface area contributed by atoms with Gasteiger partial charge in [0.05, 0.1) is 16.8 Å². The summed E-state index contributed by atoms with van der Waals surface area (Å²) in [7, 11) is -3.76. The number of anilines is 1. The van der Waals surface area contributed by atoms with Gasteiger partial charge in [0.15, 0.2) is 5.82 Å². The van der Waals surface area contributed by atoms with Crippen LogP contribution in [0.25, 0.3) is 5.82 Å². The monoisotopic (exact) mass is 476 g/mol. The molecule has 0 saturated heterocycles. The van der Waals surface area contributed by atoms with Crippen molar-refractivity contribution in [1.82, 2.24) is 14.8 Å². The highest BCUT2D eigenvalue weighted by atomic mass is 32.2. The van der Waals surface area contributed by atoms with E-state index >= 15 is 0 Å². The van der Waals surface area contributed by atoms with Gasteiger partial charge in [-0.2, -0.15) is 0 Å². The molecule has 34 heavy (non-hydrogen) atoms. The van der Waals surface area contributed by atoms with Gasteiger partial charge < -0.3 is 0 Å². The van der Waals surface area contributed by atoms with E-state index in [2.05, 4.69) is 35.6 Å². The zero-order valence-electron chi connectivity index (χ0n) is 19.7. The topological polar surface area (TPSA) is 96.8 Å². The van der Waals surface area contributed by atoms with E-state index in [1.807, 2.05) is 49.4 Å². The van der Waals surface area contributed by atoms with Gasteiger partial charge in [0.2, 0.25) is 0 Å². The number of nitrogens with one attached hydrogen (secondary N) is 2. The van der Waals surface area contributed by atoms with Crippen molar-refractivity contribution in [3.8, 4) is 5.82 Å². The largest absolute Gasteiger partial charge is 0.294 e. The van der Waals surface area contributed by atoms with Crippen LogP contribution in [0.15, 0.2) is 82.6 Å². The Hall–Kier alpha value is -3.65. The summed E-state index contributed by atoms with van der Waals surface area (Å²) >= 11 is 0. The highest BCUT2D eigenvalue weighted by molar-refractivity contribution is 7.92. The summed E-state index contributed by atoms with van der Waals surface area (Å²) in [5.74, 6) is 0.380. The molecule has 2 aromatic carbocycles. The molecular formula is C26H28N4O3S. The van der Waals surface area contributed by atoms with Crippen molar-refractivity contribution in [3.63, 3.8) is 0 Å². The van der Waals surface area contributed by atoms with Gasteiger partial charge in [0.25, 0.3) is 15.6 Å². The molecule has 0 aliphatic rings. The van der Waals surface area contributed by atoms with E-state index in [1.54, 1.807) is 24.3 Å². The third-order valence-corrected chi connectivity index (χ3v) is 7.07. The molecule has 0 aliphatic heterocycles. The lowest BCUT2D eigenvalue weighted by Gasteiger charge is -2.19. The van der Waals surface area contributed by atoms with E-state index in [-0.39, 0.29) is 15.9 Å².